The van der Waals surface area contributed by atoms with Gasteiger partial charge in [0.1, 0.15) is 5.94 Å². The van der Waals surface area contributed by atoms with Crippen molar-refractivity contribution in [3.63, 3.8) is 0 Å². The van der Waals surface area contributed by atoms with Crippen LogP contribution in [0.3, 0.4) is 0 Å². The first kappa shape index (κ1) is 7.21. The average molecular weight is 115 g/mol. The molecule has 0 saturated heterocycles. The molecule has 0 rings (SSSR count). The molecule has 0 spiro atoms. The third-order valence-electron chi connectivity index (χ3n) is 0.655. The zero-order chi connectivity index (χ0) is 6.41. The van der Waals surface area contributed by atoms with E-state index in [0.717, 1.165) is 0 Å². The lowest BCUT2D eigenvalue weighted by molar-refractivity contribution is 0.297. The van der Waals surface area contributed by atoms with Gasteiger partial charge < -0.3 is 10.4 Å². The molecule has 0 aromatic carbocycles. The van der Waals surface area contributed by atoms with Crippen LogP contribution in [0, 0.1) is 0 Å². The predicted octanol–water partition coefficient (Wildman–Crippen LogP) is -0.696. The Morgan fingerprint density at radius 2 is 2.50 bits per heavy atom. The molecule has 0 aliphatic rings. The number of nitrogens with one attached hydrogen (secondary N) is 1. The maximum atomic E-state index is 9.70. The van der Waals surface area contributed by atoms with Gasteiger partial charge in [0, 0.05) is 6.54 Å². The largest absolute Gasteiger partial charge is 0.395 e. The van der Waals surface area contributed by atoms with Gasteiger partial charge in [-0.2, -0.15) is 0 Å². The molecular weight excluding hydrogens is 106 g/mol. The van der Waals surface area contributed by atoms with Gasteiger partial charge in [0.2, 0.25) is 0 Å². The summed E-state index contributed by atoms with van der Waals surface area (Å²) >= 11 is 0. The molecule has 0 aromatic rings. The number of allylic oxidation sites excluding steroid dienone is 1. The van der Waals surface area contributed by atoms with Gasteiger partial charge in [-0.05, 0) is 6.92 Å². The fourth-order valence-electron chi connectivity index (χ4n) is 0.279. The first-order valence-electron chi connectivity index (χ1n) is 2.37. The van der Waals surface area contributed by atoms with Crippen LogP contribution >= 0.6 is 0 Å². The molecule has 0 unspecified atom stereocenters. The van der Waals surface area contributed by atoms with Crippen molar-refractivity contribution in [2.75, 3.05) is 13.2 Å². The molecule has 46 valence electrons. The summed E-state index contributed by atoms with van der Waals surface area (Å²) in [7, 11) is 0. The van der Waals surface area contributed by atoms with E-state index in [0.29, 0.717) is 12.2 Å². The number of aliphatic hydroxyl groups excluding tert-OH is 1. The van der Waals surface area contributed by atoms with Crippen molar-refractivity contribution in [1.82, 2.24) is 5.32 Å². The van der Waals surface area contributed by atoms with Crippen LogP contribution in [-0.4, -0.2) is 24.2 Å². The second-order valence-electron chi connectivity index (χ2n) is 1.38. The highest BCUT2D eigenvalue weighted by Crippen LogP contribution is 1.72. The number of rotatable bonds is 3. The number of aliphatic hydroxyl groups is 1. The van der Waals surface area contributed by atoms with Crippen molar-refractivity contribution in [3.05, 3.63) is 5.70 Å². The Kier molecular flexibility index (Phi) is 3.94. The zero-order valence-electron chi connectivity index (χ0n) is 4.77. The second-order valence-corrected chi connectivity index (χ2v) is 1.38. The molecule has 3 heteroatoms. The molecule has 3 nitrogen and oxygen atoms in total. The van der Waals surface area contributed by atoms with Crippen LogP contribution in [0.25, 0.3) is 0 Å². The van der Waals surface area contributed by atoms with Gasteiger partial charge in [-0.25, -0.2) is 4.79 Å². The summed E-state index contributed by atoms with van der Waals surface area (Å²) < 4.78 is 0. The van der Waals surface area contributed by atoms with Crippen LogP contribution in [0.2, 0.25) is 0 Å². The quantitative estimate of drug-likeness (QED) is 0.478. The van der Waals surface area contributed by atoms with Gasteiger partial charge in [-0.3, -0.25) is 0 Å². The first-order chi connectivity index (χ1) is 3.81. The second kappa shape index (κ2) is 4.37. The van der Waals surface area contributed by atoms with Crippen LogP contribution in [-0.2, 0) is 4.79 Å². The van der Waals surface area contributed by atoms with Crippen molar-refractivity contribution in [1.29, 1.82) is 0 Å². The van der Waals surface area contributed by atoms with Crippen LogP contribution in [0.15, 0.2) is 5.70 Å². The molecule has 0 amide bonds. The molecule has 0 atom stereocenters. The Hall–Kier alpha value is -0.790. The third kappa shape index (κ3) is 3.40. The number of hydrogen-bond acceptors (Lipinski definition) is 3. The van der Waals surface area contributed by atoms with Crippen molar-refractivity contribution >= 4 is 5.94 Å². The van der Waals surface area contributed by atoms with Crippen LogP contribution in [0.1, 0.15) is 6.92 Å². The molecule has 0 aromatic heterocycles. The average Bonchev–Trinajstić information content (AvgIpc) is 1.83. The minimum atomic E-state index is 0.0407. The van der Waals surface area contributed by atoms with Gasteiger partial charge in [-0.15, -0.1) is 0 Å². The van der Waals surface area contributed by atoms with Gasteiger partial charge in [0.25, 0.3) is 0 Å². The minimum Gasteiger partial charge on any atom is -0.395 e. The highest BCUT2D eigenvalue weighted by Gasteiger charge is 1.82. The lowest BCUT2D eigenvalue weighted by Gasteiger charge is -1.96. The van der Waals surface area contributed by atoms with Gasteiger partial charge in [0.15, 0.2) is 0 Å². The van der Waals surface area contributed by atoms with Crippen LogP contribution in [0.5, 0.6) is 0 Å². The molecule has 0 radical (unpaired) electrons. The van der Waals surface area contributed by atoms with E-state index in [4.69, 9.17) is 5.11 Å². The van der Waals surface area contributed by atoms with E-state index >= 15 is 0 Å². The van der Waals surface area contributed by atoms with Crippen molar-refractivity contribution in [3.8, 4) is 0 Å². The number of hydrogen-bond donors (Lipinski definition) is 2. The fraction of sp³-hybridized carbons (Fsp3) is 0.600. The Morgan fingerprint density at radius 1 is 1.88 bits per heavy atom. The Labute approximate surface area is 48.0 Å². The maximum Gasteiger partial charge on any atom is 0.145 e. The molecule has 0 heterocycles. The van der Waals surface area contributed by atoms with Gasteiger partial charge in [0.05, 0.1) is 12.3 Å². The lowest BCUT2D eigenvalue weighted by Crippen LogP contribution is -2.15. The van der Waals surface area contributed by atoms with Crippen LogP contribution in [0.4, 0.5) is 0 Å². The number of carbonyl (C=O) groups excluding carboxylic acids is 1. The van der Waals surface area contributed by atoms with Gasteiger partial charge in [-0.1, -0.05) is 0 Å². The van der Waals surface area contributed by atoms with Gasteiger partial charge >= 0.3 is 0 Å². The normalized spacial score (nSPS) is 7.75. The van der Waals surface area contributed by atoms with E-state index in [-0.39, 0.29) is 6.61 Å². The molecule has 0 aliphatic carbocycles. The smallest absolute Gasteiger partial charge is 0.145 e. The molecular formula is C5H9NO2. The highest BCUT2D eigenvalue weighted by atomic mass is 16.3. The summed E-state index contributed by atoms with van der Waals surface area (Å²) in [6.45, 7) is 2.06. The van der Waals surface area contributed by atoms with E-state index < -0.39 is 0 Å². The summed E-state index contributed by atoms with van der Waals surface area (Å²) in [5.41, 5.74) is 0.430. The molecule has 0 aliphatic heterocycles. The molecule has 0 fully saturated rings. The summed E-state index contributed by atoms with van der Waals surface area (Å²) in [5.74, 6) is 1.64. The standard InChI is InChI=1S/C5H9NO2/c1-5(4-8)6-2-3-7/h6-7H,2-3H2,1H3. The lowest BCUT2D eigenvalue weighted by atomic mass is 10.5. The van der Waals surface area contributed by atoms with Crippen molar-refractivity contribution in [2.45, 2.75) is 6.92 Å². The molecule has 0 bridgehead atoms. The highest BCUT2D eigenvalue weighted by molar-refractivity contribution is 5.50. The Morgan fingerprint density at radius 3 is 2.88 bits per heavy atom. The Balaban J connectivity index is 3.26. The SMILES string of the molecule is CC(=C=O)NCCO. The molecule has 8 heavy (non-hydrogen) atoms. The molecule has 0 saturated carbocycles. The van der Waals surface area contributed by atoms with Crippen molar-refractivity contribution < 1.29 is 9.90 Å². The van der Waals surface area contributed by atoms with E-state index in [1.54, 1.807) is 12.9 Å². The summed E-state index contributed by atoms with van der Waals surface area (Å²) in [6, 6.07) is 0. The molecule has 2 N–H and O–H groups in total. The summed E-state index contributed by atoms with van der Waals surface area (Å²) in [6.07, 6.45) is 0. The topological polar surface area (TPSA) is 49.3 Å². The summed E-state index contributed by atoms with van der Waals surface area (Å²) in [4.78, 5) is 9.70. The van der Waals surface area contributed by atoms with E-state index in [2.05, 4.69) is 5.32 Å². The minimum absolute atomic E-state index is 0.0407. The zero-order valence-corrected chi connectivity index (χ0v) is 4.77. The van der Waals surface area contributed by atoms with Crippen LogP contribution < -0.4 is 5.32 Å². The Bertz CT molecular complexity index is 105. The van der Waals surface area contributed by atoms with E-state index in [9.17, 15) is 4.79 Å². The van der Waals surface area contributed by atoms with Crippen molar-refractivity contribution in [2.24, 2.45) is 0 Å². The first-order valence-corrected chi connectivity index (χ1v) is 2.37. The maximum absolute atomic E-state index is 9.70. The third-order valence-corrected chi connectivity index (χ3v) is 0.655. The summed E-state index contributed by atoms with van der Waals surface area (Å²) in [5, 5.41) is 10.8. The van der Waals surface area contributed by atoms with E-state index in [1.165, 1.54) is 0 Å². The van der Waals surface area contributed by atoms with E-state index in [1.807, 2.05) is 0 Å². The predicted molar refractivity (Wildman–Crippen MR) is 30.0 cm³/mol. The fourth-order valence-corrected chi connectivity index (χ4v) is 0.279. The monoisotopic (exact) mass is 115 g/mol.